The van der Waals surface area contributed by atoms with Gasteiger partial charge in [-0.1, -0.05) is 35.6 Å². The van der Waals surface area contributed by atoms with Crippen molar-refractivity contribution < 1.29 is 18.8 Å². The van der Waals surface area contributed by atoms with Gasteiger partial charge in [0, 0.05) is 23.2 Å². The maximum atomic E-state index is 11.2. The number of hydrogen-bond acceptors (Lipinski definition) is 8. The smallest absolute Gasteiger partial charge is 0.313 e. The molecule has 164 valence electrons. The molecule has 7 nitrogen and oxygen atoms in total. The van der Waals surface area contributed by atoms with Crippen LogP contribution >= 0.6 is 11.3 Å². The van der Waals surface area contributed by atoms with Crippen molar-refractivity contribution in [2.24, 2.45) is 0 Å². The van der Waals surface area contributed by atoms with Gasteiger partial charge in [0.1, 0.15) is 11.3 Å². The molecule has 0 saturated carbocycles. The molecule has 0 unspecified atom stereocenters. The monoisotopic (exact) mass is 457 g/mol. The van der Waals surface area contributed by atoms with Crippen LogP contribution in [0.5, 0.6) is 10.9 Å². The van der Waals surface area contributed by atoms with Crippen LogP contribution in [-0.2, 0) is 29.0 Å². The highest BCUT2D eigenvalue weighted by atomic mass is 32.1. The van der Waals surface area contributed by atoms with E-state index in [9.17, 15) is 4.79 Å². The Balaban J connectivity index is 1.22. The number of hydrogen-bond donors (Lipinski definition) is 0. The zero-order chi connectivity index (χ0) is 22.2. The third-order valence-electron chi connectivity index (χ3n) is 5.92. The fraction of sp³-hybridized carbons (Fsp3) is 0.160. The molecule has 1 aliphatic rings. The number of aromatic nitrogens is 2. The molecule has 0 bridgehead atoms. The minimum Gasteiger partial charge on any atom is -0.464 e. The summed E-state index contributed by atoms with van der Waals surface area (Å²) in [6.45, 7) is 0.929. The standard InChI is InChI=1S/C25H19N3O4S/c29-15-31-28(19-10-16-4-1-2-5-17(16)11-19)13-18-14-30-22-12-20(7-8-21(18)22)32-25-27-24-23(33-25)6-3-9-26-24/h1-9,12,14-15,19H,10-11,13H2. The van der Waals surface area contributed by atoms with Crippen molar-refractivity contribution >= 4 is 39.1 Å². The molecule has 1 aliphatic carbocycles. The Labute approximate surface area is 193 Å². The third-order valence-corrected chi connectivity index (χ3v) is 6.81. The minimum atomic E-state index is 0.0906. The Hall–Kier alpha value is -3.75. The molecular formula is C25H19N3O4S. The summed E-state index contributed by atoms with van der Waals surface area (Å²) >= 11 is 1.44. The van der Waals surface area contributed by atoms with Gasteiger partial charge in [-0.25, -0.2) is 4.98 Å². The van der Waals surface area contributed by atoms with E-state index < -0.39 is 0 Å². The van der Waals surface area contributed by atoms with Gasteiger partial charge < -0.3 is 14.0 Å². The zero-order valence-corrected chi connectivity index (χ0v) is 18.3. The van der Waals surface area contributed by atoms with Crippen molar-refractivity contribution in [3.8, 4) is 10.9 Å². The minimum absolute atomic E-state index is 0.0906. The van der Waals surface area contributed by atoms with Gasteiger partial charge in [0.15, 0.2) is 5.65 Å². The summed E-state index contributed by atoms with van der Waals surface area (Å²) in [5.41, 5.74) is 4.90. The fourth-order valence-corrected chi connectivity index (χ4v) is 5.15. The van der Waals surface area contributed by atoms with E-state index in [2.05, 4.69) is 22.1 Å². The molecule has 2 aromatic carbocycles. The number of hydroxylamine groups is 2. The molecule has 0 fully saturated rings. The SMILES string of the molecule is O=CON(Cc1coc2cc(Oc3nc4ncccc4s3)ccc12)C1Cc2ccccc2C1. The lowest BCUT2D eigenvalue weighted by Crippen LogP contribution is -2.35. The highest BCUT2D eigenvalue weighted by molar-refractivity contribution is 7.20. The molecule has 3 heterocycles. The first-order chi connectivity index (χ1) is 16.3. The van der Waals surface area contributed by atoms with Gasteiger partial charge >= 0.3 is 6.47 Å². The topological polar surface area (TPSA) is 77.7 Å². The van der Waals surface area contributed by atoms with Gasteiger partial charge in [-0.15, -0.1) is 5.06 Å². The molecule has 0 saturated heterocycles. The van der Waals surface area contributed by atoms with Crippen LogP contribution in [0, 0.1) is 0 Å². The lowest BCUT2D eigenvalue weighted by Gasteiger charge is -2.24. The zero-order valence-electron chi connectivity index (χ0n) is 17.5. The molecule has 33 heavy (non-hydrogen) atoms. The molecule has 0 spiro atoms. The Morgan fingerprint density at radius 3 is 2.76 bits per heavy atom. The average molecular weight is 458 g/mol. The second-order valence-electron chi connectivity index (χ2n) is 7.93. The number of nitrogens with zero attached hydrogens (tertiary/aromatic N) is 3. The molecular weight excluding hydrogens is 438 g/mol. The first kappa shape index (κ1) is 19.9. The Morgan fingerprint density at radius 1 is 1.12 bits per heavy atom. The Morgan fingerprint density at radius 2 is 1.97 bits per heavy atom. The lowest BCUT2D eigenvalue weighted by atomic mass is 10.1. The molecule has 5 aromatic rings. The summed E-state index contributed by atoms with van der Waals surface area (Å²) in [6, 6.07) is 18.0. The lowest BCUT2D eigenvalue weighted by molar-refractivity contribution is -0.189. The largest absolute Gasteiger partial charge is 0.464 e. The van der Waals surface area contributed by atoms with Crippen LogP contribution in [0.1, 0.15) is 16.7 Å². The van der Waals surface area contributed by atoms with E-state index in [0.29, 0.717) is 35.2 Å². The number of thiazole rings is 1. The number of rotatable bonds is 7. The molecule has 0 aliphatic heterocycles. The van der Waals surface area contributed by atoms with Crippen molar-refractivity contribution in [3.05, 3.63) is 83.7 Å². The summed E-state index contributed by atoms with van der Waals surface area (Å²) in [5, 5.41) is 3.22. The normalized spacial score (nSPS) is 13.6. The predicted molar refractivity (Wildman–Crippen MR) is 124 cm³/mol. The summed E-state index contributed by atoms with van der Waals surface area (Å²) < 4.78 is 12.7. The van der Waals surface area contributed by atoms with E-state index in [1.54, 1.807) is 17.5 Å². The number of benzene rings is 2. The van der Waals surface area contributed by atoms with Crippen LogP contribution in [0.4, 0.5) is 0 Å². The van der Waals surface area contributed by atoms with Crippen molar-refractivity contribution in [1.29, 1.82) is 0 Å². The summed E-state index contributed by atoms with van der Waals surface area (Å²) in [5.74, 6) is 0.634. The van der Waals surface area contributed by atoms with Crippen molar-refractivity contribution in [2.75, 3.05) is 0 Å². The van der Waals surface area contributed by atoms with E-state index in [1.165, 1.54) is 22.5 Å². The quantitative estimate of drug-likeness (QED) is 0.243. The molecule has 0 atom stereocenters. The maximum Gasteiger partial charge on any atom is 0.313 e. The summed E-state index contributed by atoms with van der Waals surface area (Å²) in [6.07, 6.45) is 5.10. The molecule has 6 rings (SSSR count). The van der Waals surface area contributed by atoms with E-state index in [1.807, 2.05) is 42.5 Å². The van der Waals surface area contributed by atoms with Crippen molar-refractivity contribution in [3.63, 3.8) is 0 Å². The van der Waals surface area contributed by atoms with Gasteiger partial charge in [-0.2, -0.15) is 4.98 Å². The van der Waals surface area contributed by atoms with E-state index in [0.717, 1.165) is 28.5 Å². The predicted octanol–water partition coefficient (Wildman–Crippen LogP) is 5.29. The van der Waals surface area contributed by atoms with E-state index >= 15 is 0 Å². The number of fused-ring (bicyclic) bond motifs is 3. The van der Waals surface area contributed by atoms with Gasteiger partial charge in [0.2, 0.25) is 0 Å². The van der Waals surface area contributed by atoms with E-state index in [4.69, 9.17) is 14.0 Å². The summed E-state index contributed by atoms with van der Waals surface area (Å²) in [4.78, 5) is 25.2. The summed E-state index contributed by atoms with van der Waals surface area (Å²) in [7, 11) is 0. The van der Waals surface area contributed by atoms with Crippen LogP contribution in [-0.4, -0.2) is 27.5 Å². The fourth-order valence-electron chi connectivity index (χ4n) is 4.36. The highest BCUT2D eigenvalue weighted by Gasteiger charge is 2.29. The number of pyridine rings is 1. The van der Waals surface area contributed by atoms with Crippen molar-refractivity contribution in [2.45, 2.75) is 25.4 Å². The Kier molecular flexibility index (Phi) is 5.01. The molecule has 0 N–H and O–H groups in total. The van der Waals surface area contributed by atoms with Gasteiger partial charge in [-0.3, -0.25) is 4.79 Å². The second kappa shape index (κ2) is 8.31. The second-order valence-corrected chi connectivity index (χ2v) is 8.93. The third kappa shape index (κ3) is 3.83. The number of carbonyl (C=O) groups is 1. The number of carbonyl (C=O) groups excluding carboxylic acids is 1. The molecule has 0 radical (unpaired) electrons. The first-order valence-electron chi connectivity index (χ1n) is 10.6. The van der Waals surface area contributed by atoms with Crippen LogP contribution in [0.25, 0.3) is 21.3 Å². The molecule has 3 aromatic heterocycles. The van der Waals surface area contributed by atoms with Crippen molar-refractivity contribution in [1.82, 2.24) is 15.0 Å². The van der Waals surface area contributed by atoms with Gasteiger partial charge in [0.05, 0.1) is 23.5 Å². The van der Waals surface area contributed by atoms with Gasteiger partial charge in [0.25, 0.3) is 5.19 Å². The Bertz CT molecular complexity index is 1400. The van der Waals surface area contributed by atoms with E-state index in [-0.39, 0.29) is 6.04 Å². The van der Waals surface area contributed by atoms with Crippen LogP contribution < -0.4 is 4.74 Å². The van der Waals surface area contributed by atoms with Gasteiger partial charge in [-0.05, 0) is 48.2 Å². The van der Waals surface area contributed by atoms with Crippen LogP contribution in [0.15, 0.2) is 71.5 Å². The maximum absolute atomic E-state index is 11.2. The number of furan rings is 1. The highest BCUT2D eigenvalue weighted by Crippen LogP contribution is 2.34. The molecule has 0 amide bonds. The number of ether oxygens (including phenoxy) is 1. The van der Waals surface area contributed by atoms with Crippen LogP contribution in [0.2, 0.25) is 0 Å². The van der Waals surface area contributed by atoms with Crippen LogP contribution in [0.3, 0.4) is 0 Å². The average Bonchev–Trinajstić information content (AvgIpc) is 3.54. The first-order valence-corrected chi connectivity index (χ1v) is 11.4. The molecule has 8 heteroatoms.